The Morgan fingerprint density at radius 1 is 0.650 bits per heavy atom. The Labute approximate surface area is 126 Å². The van der Waals surface area contributed by atoms with Crippen LogP contribution in [0.1, 0.15) is 96.3 Å². The third kappa shape index (κ3) is 2.17. The molecule has 0 nitrogen and oxygen atoms in total. The van der Waals surface area contributed by atoms with Crippen LogP contribution in [0, 0.1) is 29.1 Å². The summed E-state index contributed by atoms with van der Waals surface area (Å²) >= 11 is 0. The SMILES string of the molecule is C1CCCC(C2(C3CCCCC3)CC3CC[C]2C3)CC1. The Hall–Kier alpha value is 0. The summed E-state index contributed by atoms with van der Waals surface area (Å²) in [5.41, 5.74) is 0.758. The number of hydrogen-bond donors (Lipinski definition) is 0. The van der Waals surface area contributed by atoms with Gasteiger partial charge in [-0.15, -0.1) is 0 Å². The molecule has 4 fully saturated rings. The van der Waals surface area contributed by atoms with Gasteiger partial charge in [0.05, 0.1) is 0 Å². The monoisotopic (exact) mass is 273 g/mol. The van der Waals surface area contributed by atoms with Crippen molar-refractivity contribution >= 4 is 0 Å². The molecule has 20 heavy (non-hydrogen) atoms. The highest BCUT2D eigenvalue weighted by molar-refractivity contribution is 5.22. The van der Waals surface area contributed by atoms with E-state index >= 15 is 0 Å². The van der Waals surface area contributed by atoms with Crippen LogP contribution < -0.4 is 0 Å². The lowest BCUT2D eigenvalue weighted by molar-refractivity contribution is 0.0371. The van der Waals surface area contributed by atoms with Crippen molar-refractivity contribution in [2.75, 3.05) is 0 Å². The van der Waals surface area contributed by atoms with Crippen molar-refractivity contribution in [3.8, 4) is 0 Å². The molecule has 0 heteroatoms. The third-order valence-corrected chi connectivity index (χ3v) is 7.59. The van der Waals surface area contributed by atoms with Gasteiger partial charge < -0.3 is 0 Å². The van der Waals surface area contributed by atoms with Crippen LogP contribution in [0.4, 0.5) is 0 Å². The summed E-state index contributed by atoms with van der Waals surface area (Å²) in [6.45, 7) is 0. The second kappa shape index (κ2) is 5.65. The van der Waals surface area contributed by atoms with Gasteiger partial charge in [0, 0.05) is 0 Å². The summed E-state index contributed by atoms with van der Waals surface area (Å²) < 4.78 is 0. The Bertz CT molecular complexity index is 319. The minimum Gasteiger partial charge on any atom is -0.0533 e. The zero-order valence-corrected chi connectivity index (χ0v) is 13.3. The predicted octanol–water partition coefficient (Wildman–Crippen LogP) is 6.30. The van der Waals surface area contributed by atoms with Crippen molar-refractivity contribution < 1.29 is 0 Å². The van der Waals surface area contributed by atoms with Crippen LogP contribution >= 0.6 is 0 Å². The summed E-state index contributed by atoms with van der Waals surface area (Å²) in [6, 6.07) is 0. The van der Waals surface area contributed by atoms with E-state index in [2.05, 4.69) is 5.92 Å². The minimum atomic E-state index is 0.758. The minimum absolute atomic E-state index is 0.758. The third-order valence-electron chi connectivity index (χ3n) is 7.59. The molecule has 113 valence electrons. The Balaban J connectivity index is 1.62. The van der Waals surface area contributed by atoms with E-state index in [1.807, 2.05) is 0 Å². The van der Waals surface area contributed by atoms with Crippen molar-refractivity contribution in [2.24, 2.45) is 23.2 Å². The molecule has 0 amide bonds. The highest BCUT2D eigenvalue weighted by atomic mass is 14.6. The van der Waals surface area contributed by atoms with E-state index in [4.69, 9.17) is 0 Å². The zero-order chi connectivity index (χ0) is 13.4. The van der Waals surface area contributed by atoms with E-state index in [-0.39, 0.29) is 0 Å². The van der Waals surface area contributed by atoms with Crippen LogP contribution in [0.5, 0.6) is 0 Å². The molecule has 0 N–H and O–H groups in total. The van der Waals surface area contributed by atoms with Gasteiger partial charge in [-0.3, -0.25) is 0 Å². The molecule has 4 saturated carbocycles. The first-order valence-corrected chi connectivity index (χ1v) is 9.75. The van der Waals surface area contributed by atoms with E-state index in [1.165, 1.54) is 51.4 Å². The summed E-state index contributed by atoms with van der Waals surface area (Å²) in [7, 11) is 0. The lowest BCUT2D eigenvalue weighted by Crippen LogP contribution is -2.42. The van der Waals surface area contributed by atoms with Crippen molar-refractivity contribution in [3.05, 3.63) is 5.92 Å². The Morgan fingerprint density at radius 3 is 1.65 bits per heavy atom. The van der Waals surface area contributed by atoms with Crippen LogP contribution in [-0.4, -0.2) is 0 Å². The number of fused-ring (bicyclic) bond motifs is 2. The molecule has 4 aliphatic carbocycles. The average Bonchev–Trinajstić information content (AvgIpc) is 3.00. The first-order chi connectivity index (χ1) is 9.89. The average molecular weight is 273 g/mol. The van der Waals surface area contributed by atoms with Crippen LogP contribution in [0.15, 0.2) is 0 Å². The van der Waals surface area contributed by atoms with Crippen LogP contribution in [-0.2, 0) is 0 Å². The molecule has 4 aliphatic rings. The maximum atomic E-state index is 2.08. The van der Waals surface area contributed by atoms with E-state index in [1.54, 1.807) is 44.9 Å². The summed E-state index contributed by atoms with van der Waals surface area (Å²) in [4.78, 5) is 0. The Kier molecular flexibility index (Phi) is 3.86. The molecule has 0 aromatic carbocycles. The zero-order valence-electron chi connectivity index (χ0n) is 13.3. The molecule has 2 bridgehead atoms. The first kappa shape index (κ1) is 13.6. The molecule has 1 radical (unpaired) electrons. The van der Waals surface area contributed by atoms with Gasteiger partial charge in [-0.25, -0.2) is 0 Å². The van der Waals surface area contributed by atoms with Crippen molar-refractivity contribution in [1.29, 1.82) is 0 Å². The summed E-state index contributed by atoms with van der Waals surface area (Å²) in [5.74, 6) is 5.38. The van der Waals surface area contributed by atoms with Crippen molar-refractivity contribution in [3.63, 3.8) is 0 Å². The van der Waals surface area contributed by atoms with E-state index in [9.17, 15) is 0 Å². The van der Waals surface area contributed by atoms with Crippen LogP contribution in [0.25, 0.3) is 0 Å². The Morgan fingerprint density at radius 2 is 1.20 bits per heavy atom. The predicted molar refractivity (Wildman–Crippen MR) is 85.4 cm³/mol. The van der Waals surface area contributed by atoms with Gasteiger partial charge in [0.15, 0.2) is 0 Å². The molecule has 0 spiro atoms. The smallest absolute Gasteiger partial charge is 0.0171 e. The molecular weight excluding hydrogens is 240 g/mol. The van der Waals surface area contributed by atoms with Crippen LogP contribution in [0.2, 0.25) is 0 Å². The topological polar surface area (TPSA) is 0 Å². The summed E-state index contributed by atoms with van der Waals surface area (Å²) in [6.07, 6.45) is 23.3. The maximum absolute atomic E-state index is 2.08. The lowest BCUT2D eigenvalue weighted by atomic mass is 9.54. The first-order valence-electron chi connectivity index (χ1n) is 9.75. The maximum Gasteiger partial charge on any atom is -0.0171 e. The van der Waals surface area contributed by atoms with Crippen molar-refractivity contribution in [1.82, 2.24) is 0 Å². The van der Waals surface area contributed by atoms with Gasteiger partial charge in [0.2, 0.25) is 0 Å². The van der Waals surface area contributed by atoms with Crippen molar-refractivity contribution in [2.45, 2.75) is 96.3 Å². The van der Waals surface area contributed by atoms with E-state index < -0.39 is 0 Å². The highest BCUT2D eigenvalue weighted by Crippen LogP contribution is 2.67. The standard InChI is InChI=1S/C20H33/c1-2-5-9-17(8-4-1)20(18-10-6-3-7-11-18)15-16-12-13-19(20)14-16/h16-18H,1-15H2. The fraction of sp³-hybridized carbons (Fsp3) is 0.950. The molecule has 2 atom stereocenters. The van der Waals surface area contributed by atoms with E-state index in [0.717, 1.165) is 23.2 Å². The summed E-state index contributed by atoms with van der Waals surface area (Å²) in [5, 5.41) is 0. The highest BCUT2D eigenvalue weighted by Gasteiger charge is 2.57. The normalized spacial score (nSPS) is 41.1. The second-order valence-electron chi connectivity index (χ2n) is 8.48. The van der Waals surface area contributed by atoms with E-state index in [0.29, 0.717) is 0 Å². The molecule has 2 unspecified atom stereocenters. The number of rotatable bonds is 2. The molecule has 4 rings (SSSR count). The van der Waals surface area contributed by atoms with Gasteiger partial charge in [0.25, 0.3) is 0 Å². The fourth-order valence-electron chi connectivity index (χ4n) is 6.81. The van der Waals surface area contributed by atoms with Gasteiger partial charge in [-0.2, -0.15) is 0 Å². The fourth-order valence-corrected chi connectivity index (χ4v) is 6.81. The van der Waals surface area contributed by atoms with Gasteiger partial charge >= 0.3 is 0 Å². The van der Waals surface area contributed by atoms with Gasteiger partial charge in [-0.05, 0) is 80.5 Å². The second-order valence-corrected chi connectivity index (χ2v) is 8.48. The molecule has 0 aromatic heterocycles. The molecule has 0 aromatic rings. The van der Waals surface area contributed by atoms with Crippen LogP contribution in [0.3, 0.4) is 0 Å². The van der Waals surface area contributed by atoms with Gasteiger partial charge in [-0.1, -0.05) is 44.9 Å². The lowest BCUT2D eigenvalue weighted by Gasteiger charge is -2.51. The molecule has 0 saturated heterocycles. The molecule has 0 heterocycles. The molecule has 0 aliphatic heterocycles. The molecular formula is C20H33. The quantitative estimate of drug-likeness (QED) is 0.518. The number of hydrogen-bond acceptors (Lipinski definition) is 0. The largest absolute Gasteiger partial charge is 0.0533 e. The van der Waals surface area contributed by atoms with Gasteiger partial charge in [0.1, 0.15) is 0 Å².